The van der Waals surface area contributed by atoms with Crippen LogP contribution in [0.2, 0.25) is 0 Å². The number of hydrogen-bond acceptors (Lipinski definition) is 3. The molecular formula is C13H17N3O2. The molecule has 2 amide bonds. The van der Waals surface area contributed by atoms with E-state index in [1.807, 2.05) is 25.1 Å². The summed E-state index contributed by atoms with van der Waals surface area (Å²) in [7, 11) is 0. The highest BCUT2D eigenvalue weighted by atomic mass is 16.2. The summed E-state index contributed by atoms with van der Waals surface area (Å²) in [4.78, 5) is 22.6. The number of primary amides is 1. The zero-order valence-corrected chi connectivity index (χ0v) is 10.3. The first kappa shape index (κ1) is 12.6. The van der Waals surface area contributed by atoms with E-state index in [2.05, 4.69) is 5.32 Å². The smallest absolute Gasteiger partial charge is 0.238 e. The van der Waals surface area contributed by atoms with Gasteiger partial charge in [0, 0.05) is 5.69 Å². The number of nitrogens with one attached hydrogen (secondary N) is 1. The Bertz CT molecular complexity index is 513. The largest absolute Gasteiger partial charge is 0.369 e. The fourth-order valence-corrected chi connectivity index (χ4v) is 2.33. The van der Waals surface area contributed by atoms with Crippen molar-refractivity contribution in [2.75, 3.05) is 11.9 Å². The third kappa shape index (κ3) is 2.22. The van der Waals surface area contributed by atoms with Gasteiger partial charge in [-0.25, -0.2) is 0 Å². The van der Waals surface area contributed by atoms with Gasteiger partial charge in [-0.05, 0) is 36.1 Å². The molecule has 0 saturated carbocycles. The topological polar surface area (TPSA) is 98.2 Å². The fourth-order valence-electron chi connectivity index (χ4n) is 2.33. The van der Waals surface area contributed by atoms with Crippen molar-refractivity contribution >= 4 is 17.5 Å². The van der Waals surface area contributed by atoms with Gasteiger partial charge in [-0.2, -0.15) is 0 Å². The van der Waals surface area contributed by atoms with E-state index in [0.29, 0.717) is 18.5 Å². The molecule has 18 heavy (non-hydrogen) atoms. The minimum absolute atomic E-state index is 0.0455. The van der Waals surface area contributed by atoms with Gasteiger partial charge in [0.15, 0.2) is 0 Å². The molecule has 0 radical (unpaired) electrons. The first-order valence-corrected chi connectivity index (χ1v) is 5.86. The van der Waals surface area contributed by atoms with Gasteiger partial charge < -0.3 is 16.8 Å². The molecule has 0 bridgehead atoms. The van der Waals surface area contributed by atoms with Crippen molar-refractivity contribution in [2.24, 2.45) is 16.9 Å². The van der Waals surface area contributed by atoms with Gasteiger partial charge in [0.1, 0.15) is 0 Å². The third-order valence-electron chi connectivity index (χ3n) is 3.43. The van der Waals surface area contributed by atoms with Crippen LogP contribution in [-0.4, -0.2) is 18.4 Å². The second kappa shape index (κ2) is 4.42. The van der Waals surface area contributed by atoms with Crippen molar-refractivity contribution in [1.29, 1.82) is 0 Å². The van der Waals surface area contributed by atoms with Crippen LogP contribution in [0.25, 0.3) is 0 Å². The summed E-state index contributed by atoms with van der Waals surface area (Å²) in [5, 5.41) is 2.70. The minimum Gasteiger partial charge on any atom is -0.369 e. The molecule has 5 nitrogen and oxygen atoms in total. The monoisotopic (exact) mass is 247 g/mol. The predicted molar refractivity (Wildman–Crippen MR) is 68.8 cm³/mol. The Labute approximate surface area is 106 Å². The van der Waals surface area contributed by atoms with E-state index in [1.165, 1.54) is 0 Å². The van der Waals surface area contributed by atoms with Gasteiger partial charge in [0.05, 0.1) is 12.0 Å². The highest BCUT2D eigenvalue weighted by Gasteiger charge is 2.37. The van der Waals surface area contributed by atoms with Crippen LogP contribution in [0.15, 0.2) is 18.2 Å². The van der Waals surface area contributed by atoms with Crippen molar-refractivity contribution in [1.82, 2.24) is 0 Å². The molecule has 0 heterocycles. The molecule has 0 saturated heterocycles. The Morgan fingerprint density at radius 2 is 2.00 bits per heavy atom. The van der Waals surface area contributed by atoms with Crippen molar-refractivity contribution < 1.29 is 9.59 Å². The van der Waals surface area contributed by atoms with E-state index in [9.17, 15) is 9.59 Å². The molecule has 96 valence electrons. The van der Waals surface area contributed by atoms with Crippen LogP contribution in [0.3, 0.4) is 0 Å². The molecule has 2 rings (SSSR count). The van der Waals surface area contributed by atoms with Crippen molar-refractivity contribution in [2.45, 2.75) is 19.8 Å². The number of hydrogen-bond donors (Lipinski definition) is 3. The summed E-state index contributed by atoms with van der Waals surface area (Å²) in [6, 6.07) is 5.63. The normalized spacial score (nSPS) is 21.4. The van der Waals surface area contributed by atoms with E-state index < -0.39 is 5.41 Å². The Balaban J connectivity index is 2.22. The van der Waals surface area contributed by atoms with Crippen LogP contribution in [-0.2, 0) is 22.4 Å². The van der Waals surface area contributed by atoms with Crippen molar-refractivity contribution in [3.63, 3.8) is 0 Å². The molecule has 0 aromatic heterocycles. The molecule has 1 aliphatic rings. The standard InChI is InChI=1S/C13H17N3O2/c1-13(12(15)18)5-8-2-3-10(4-9(8)6-13)16-11(17)7-14/h2-4H,5-7,14H2,1H3,(H2,15,18)(H,16,17). The van der Waals surface area contributed by atoms with Gasteiger partial charge >= 0.3 is 0 Å². The zero-order valence-electron chi connectivity index (χ0n) is 10.3. The quantitative estimate of drug-likeness (QED) is 0.710. The number of anilines is 1. The lowest BCUT2D eigenvalue weighted by molar-refractivity contribution is -0.126. The average Bonchev–Trinajstić information content (AvgIpc) is 2.66. The molecule has 1 unspecified atom stereocenters. The van der Waals surface area contributed by atoms with Crippen LogP contribution in [0.4, 0.5) is 5.69 Å². The van der Waals surface area contributed by atoms with E-state index >= 15 is 0 Å². The molecule has 1 atom stereocenters. The first-order valence-electron chi connectivity index (χ1n) is 5.86. The second-order valence-electron chi connectivity index (χ2n) is 5.01. The molecule has 1 aromatic rings. The molecule has 5 N–H and O–H groups in total. The molecule has 0 spiro atoms. The Morgan fingerprint density at radius 3 is 2.61 bits per heavy atom. The summed E-state index contributed by atoms with van der Waals surface area (Å²) in [6.07, 6.45) is 1.27. The SMILES string of the molecule is CC1(C(N)=O)Cc2ccc(NC(=O)CN)cc2C1. The molecule has 1 aliphatic carbocycles. The van der Waals surface area contributed by atoms with Crippen molar-refractivity contribution in [3.05, 3.63) is 29.3 Å². The predicted octanol–water partition coefficient (Wildman–Crippen LogP) is 0.174. The van der Waals surface area contributed by atoms with Crippen LogP contribution in [0.5, 0.6) is 0 Å². The van der Waals surface area contributed by atoms with Crippen LogP contribution < -0.4 is 16.8 Å². The van der Waals surface area contributed by atoms with Crippen LogP contribution >= 0.6 is 0 Å². The second-order valence-corrected chi connectivity index (χ2v) is 5.01. The van der Waals surface area contributed by atoms with E-state index in [-0.39, 0.29) is 18.4 Å². The van der Waals surface area contributed by atoms with E-state index in [0.717, 1.165) is 11.1 Å². The third-order valence-corrected chi connectivity index (χ3v) is 3.43. The Hall–Kier alpha value is -1.88. The molecule has 0 fully saturated rings. The number of nitrogens with two attached hydrogens (primary N) is 2. The summed E-state index contributed by atoms with van der Waals surface area (Å²) >= 11 is 0. The van der Waals surface area contributed by atoms with Crippen LogP contribution in [0.1, 0.15) is 18.1 Å². The molecule has 1 aromatic carbocycles. The number of amides is 2. The van der Waals surface area contributed by atoms with Crippen molar-refractivity contribution in [3.8, 4) is 0 Å². The van der Waals surface area contributed by atoms with Crippen LogP contribution in [0, 0.1) is 5.41 Å². The molecular weight excluding hydrogens is 230 g/mol. The average molecular weight is 247 g/mol. The van der Waals surface area contributed by atoms with Gasteiger partial charge in [-0.1, -0.05) is 13.0 Å². The fraction of sp³-hybridized carbons (Fsp3) is 0.385. The summed E-state index contributed by atoms with van der Waals surface area (Å²) < 4.78 is 0. The van der Waals surface area contributed by atoms with Gasteiger partial charge in [0.2, 0.25) is 11.8 Å². The number of rotatable bonds is 3. The maximum absolute atomic E-state index is 11.4. The van der Waals surface area contributed by atoms with Gasteiger partial charge in [-0.3, -0.25) is 9.59 Å². The highest BCUT2D eigenvalue weighted by Crippen LogP contribution is 2.37. The van der Waals surface area contributed by atoms with Gasteiger partial charge in [0.25, 0.3) is 0 Å². The first-order chi connectivity index (χ1) is 8.44. The summed E-state index contributed by atoms with van der Waals surface area (Å²) in [5.74, 6) is -0.517. The summed E-state index contributed by atoms with van der Waals surface area (Å²) in [6.45, 7) is 1.82. The minimum atomic E-state index is -0.515. The Morgan fingerprint density at radius 1 is 1.33 bits per heavy atom. The lowest BCUT2D eigenvalue weighted by Crippen LogP contribution is -2.34. The maximum Gasteiger partial charge on any atom is 0.238 e. The highest BCUT2D eigenvalue weighted by molar-refractivity contribution is 5.92. The zero-order chi connectivity index (χ0) is 13.3. The Kier molecular flexibility index (Phi) is 3.09. The number of fused-ring (bicyclic) bond motifs is 1. The summed E-state index contributed by atoms with van der Waals surface area (Å²) in [5.41, 5.74) is 13.0. The number of benzene rings is 1. The molecule has 0 aliphatic heterocycles. The number of carbonyl (C=O) groups is 2. The maximum atomic E-state index is 11.4. The van der Waals surface area contributed by atoms with Gasteiger partial charge in [-0.15, -0.1) is 0 Å². The van der Waals surface area contributed by atoms with E-state index in [4.69, 9.17) is 11.5 Å². The molecule has 5 heteroatoms. The lowest BCUT2D eigenvalue weighted by atomic mass is 9.87. The lowest BCUT2D eigenvalue weighted by Gasteiger charge is -2.17. The number of carbonyl (C=O) groups excluding carboxylic acids is 2. The van der Waals surface area contributed by atoms with E-state index in [1.54, 1.807) is 0 Å².